The van der Waals surface area contributed by atoms with Gasteiger partial charge in [-0.2, -0.15) is 11.8 Å². The molecule has 7 heteroatoms. The van der Waals surface area contributed by atoms with E-state index in [-0.39, 0.29) is 5.91 Å². The highest BCUT2D eigenvalue weighted by Gasteiger charge is 2.10. The van der Waals surface area contributed by atoms with E-state index in [9.17, 15) is 9.59 Å². The van der Waals surface area contributed by atoms with E-state index >= 15 is 0 Å². The van der Waals surface area contributed by atoms with Gasteiger partial charge in [-0.05, 0) is 24.3 Å². The van der Waals surface area contributed by atoms with Gasteiger partial charge in [0.05, 0.1) is 10.7 Å². The number of carbonyl (C=O) groups excluding carboxylic acids is 1. The monoisotopic (exact) mass is 316 g/mol. The lowest BCUT2D eigenvalue weighted by molar-refractivity contribution is -0.138. The number of hydrogen-bond donors (Lipinski definition) is 3. The molecule has 0 heterocycles. The van der Waals surface area contributed by atoms with Crippen molar-refractivity contribution >= 4 is 40.9 Å². The highest BCUT2D eigenvalue weighted by molar-refractivity contribution is 7.99. The number of amides is 1. The number of hydrogen-bond acceptors (Lipinski definition) is 4. The Bertz CT molecular complexity index is 471. The second-order valence-electron chi connectivity index (χ2n) is 4.12. The predicted molar refractivity (Wildman–Crippen MR) is 82.3 cm³/mol. The van der Waals surface area contributed by atoms with Crippen molar-refractivity contribution in [3.05, 3.63) is 29.3 Å². The van der Waals surface area contributed by atoms with E-state index in [0.29, 0.717) is 35.1 Å². The number of para-hydroxylation sites is 1. The SMILES string of the molecule is NC(CCSCCC(=O)Nc1ccccc1Cl)C(=O)O. The minimum Gasteiger partial charge on any atom is -0.480 e. The third-order valence-corrected chi connectivity index (χ3v) is 3.86. The molecular weight excluding hydrogens is 300 g/mol. The van der Waals surface area contributed by atoms with Gasteiger partial charge in [0.25, 0.3) is 0 Å². The summed E-state index contributed by atoms with van der Waals surface area (Å²) in [6.45, 7) is 0. The molecule has 0 radical (unpaired) electrons. The van der Waals surface area contributed by atoms with E-state index in [1.165, 1.54) is 11.8 Å². The number of halogens is 1. The molecule has 0 aliphatic rings. The highest BCUT2D eigenvalue weighted by atomic mass is 35.5. The van der Waals surface area contributed by atoms with Crippen LogP contribution in [0.4, 0.5) is 5.69 Å². The standard InChI is InChI=1S/C13H17ClN2O3S/c14-9-3-1-2-4-11(9)16-12(17)6-8-20-7-5-10(15)13(18)19/h1-4,10H,5-8,15H2,(H,16,17)(H,18,19). The second-order valence-corrected chi connectivity index (χ2v) is 5.76. The van der Waals surface area contributed by atoms with E-state index in [4.69, 9.17) is 22.4 Å². The molecule has 1 amide bonds. The molecule has 1 aromatic rings. The van der Waals surface area contributed by atoms with Gasteiger partial charge < -0.3 is 16.2 Å². The number of thioether (sulfide) groups is 1. The molecule has 20 heavy (non-hydrogen) atoms. The first-order valence-corrected chi connectivity index (χ1v) is 7.64. The summed E-state index contributed by atoms with van der Waals surface area (Å²) in [5, 5.41) is 11.8. The van der Waals surface area contributed by atoms with Crippen molar-refractivity contribution in [1.29, 1.82) is 0 Å². The van der Waals surface area contributed by atoms with Crippen LogP contribution in [0.5, 0.6) is 0 Å². The van der Waals surface area contributed by atoms with Crippen molar-refractivity contribution in [2.75, 3.05) is 16.8 Å². The Kier molecular flexibility index (Phi) is 7.43. The molecule has 5 nitrogen and oxygen atoms in total. The van der Waals surface area contributed by atoms with Crippen LogP contribution in [0.1, 0.15) is 12.8 Å². The summed E-state index contributed by atoms with van der Waals surface area (Å²) < 4.78 is 0. The van der Waals surface area contributed by atoms with Crippen LogP contribution in [0.3, 0.4) is 0 Å². The number of carbonyl (C=O) groups is 2. The van der Waals surface area contributed by atoms with Crippen LogP contribution in [0.2, 0.25) is 5.02 Å². The van der Waals surface area contributed by atoms with Gasteiger partial charge >= 0.3 is 5.97 Å². The summed E-state index contributed by atoms with van der Waals surface area (Å²) in [4.78, 5) is 22.2. The van der Waals surface area contributed by atoms with Gasteiger partial charge in [-0.1, -0.05) is 23.7 Å². The molecule has 1 rings (SSSR count). The summed E-state index contributed by atoms with van der Waals surface area (Å²) in [5.74, 6) is 0.116. The molecular formula is C13H17ClN2O3S. The third kappa shape index (κ3) is 6.27. The smallest absolute Gasteiger partial charge is 0.320 e. The number of aliphatic carboxylic acids is 1. The lowest BCUT2D eigenvalue weighted by Gasteiger charge is -2.07. The van der Waals surface area contributed by atoms with Gasteiger partial charge in [-0.3, -0.25) is 9.59 Å². The lowest BCUT2D eigenvalue weighted by atomic mass is 10.2. The van der Waals surface area contributed by atoms with Gasteiger partial charge in [0, 0.05) is 12.2 Å². The minimum absolute atomic E-state index is 0.117. The molecule has 1 aromatic carbocycles. The quantitative estimate of drug-likeness (QED) is 0.639. The summed E-state index contributed by atoms with van der Waals surface area (Å²) in [6, 6.07) is 6.20. The van der Waals surface area contributed by atoms with Gasteiger partial charge in [-0.15, -0.1) is 0 Å². The zero-order valence-electron chi connectivity index (χ0n) is 10.8. The number of nitrogens with two attached hydrogens (primary N) is 1. The Morgan fingerprint density at radius 3 is 2.70 bits per heavy atom. The summed E-state index contributed by atoms with van der Waals surface area (Å²) in [7, 11) is 0. The van der Waals surface area contributed by atoms with Crippen molar-refractivity contribution in [1.82, 2.24) is 0 Å². The molecule has 0 aliphatic heterocycles. The van der Waals surface area contributed by atoms with Crippen LogP contribution in [0.25, 0.3) is 0 Å². The van der Waals surface area contributed by atoms with Gasteiger partial charge in [0.1, 0.15) is 6.04 Å². The Morgan fingerprint density at radius 2 is 2.05 bits per heavy atom. The molecule has 0 fully saturated rings. The number of anilines is 1. The maximum atomic E-state index is 11.7. The van der Waals surface area contributed by atoms with E-state index in [1.807, 2.05) is 0 Å². The Hall–Kier alpha value is -1.24. The molecule has 4 N–H and O–H groups in total. The zero-order valence-corrected chi connectivity index (χ0v) is 12.4. The van der Waals surface area contributed by atoms with Crippen molar-refractivity contribution in [3.8, 4) is 0 Å². The average molecular weight is 317 g/mol. The Balaban J connectivity index is 2.18. The van der Waals surface area contributed by atoms with E-state index in [0.717, 1.165) is 0 Å². The van der Waals surface area contributed by atoms with Gasteiger partial charge in [0.2, 0.25) is 5.91 Å². The van der Waals surface area contributed by atoms with E-state index < -0.39 is 12.0 Å². The molecule has 0 saturated carbocycles. The maximum absolute atomic E-state index is 11.7. The minimum atomic E-state index is -0.998. The molecule has 0 bridgehead atoms. The first-order chi connectivity index (χ1) is 9.50. The molecule has 0 aliphatic carbocycles. The lowest BCUT2D eigenvalue weighted by Crippen LogP contribution is -2.30. The first-order valence-electron chi connectivity index (χ1n) is 6.11. The van der Waals surface area contributed by atoms with Crippen LogP contribution < -0.4 is 11.1 Å². The maximum Gasteiger partial charge on any atom is 0.320 e. The van der Waals surface area contributed by atoms with E-state index in [2.05, 4.69) is 5.32 Å². The van der Waals surface area contributed by atoms with Crippen LogP contribution in [0, 0.1) is 0 Å². The number of carboxylic acid groups (broad SMARTS) is 1. The fourth-order valence-corrected chi connectivity index (χ4v) is 2.51. The Labute approximate surface area is 126 Å². The number of carboxylic acids is 1. The van der Waals surface area contributed by atoms with Crippen molar-refractivity contribution in [2.45, 2.75) is 18.9 Å². The molecule has 0 spiro atoms. The van der Waals surface area contributed by atoms with Crippen molar-refractivity contribution in [3.63, 3.8) is 0 Å². The highest BCUT2D eigenvalue weighted by Crippen LogP contribution is 2.20. The molecule has 110 valence electrons. The summed E-state index contributed by atoms with van der Waals surface area (Å²) in [5.41, 5.74) is 5.97. The predicted octanol–water partition coefficient (Wildman–Crippen LogP) is 2.20. The van der Waals surface area contributed by atoms with Crippen molar-refractivity contribution in [2.24, 2.45) is 5.73 Å². The normalized spacial score (nSPS) is 11.9. The van der Waals surface area contributed by atoms with Crippen LogP contribution >= 0.6 is 23.4 Å². The van der Waals surface area contributed by atoms with Crippen LogP contribution in [0.15, 0.2) is 24.3 Å². The fourth-order valence-electron chi connectivity index (χ4n) is 1.38. The number of rotatable bonds is 8. The topological polar surface area (TPSA) is 92.4 Å². The fraction of sp³-hybridized carbons (Fsp3) is 0.385. The Morgan fingerprint density at radius 1 is 1.35 bits per heavy atom. The summed E-state index contributed by atoms with van der Waals surface area (Å²) >= 11 is 7.43. The van der Waals surface area contributed by atoms with Crippen LogP contribution in [-0.2, 0) is 9.59 Å². The molecule has 1 unspecified atom stereocenters. The third-order valence-electron chi connectivity index (χ3n) is 2.51. The summed E-state index contributed by atoms with van der Waals surface area (Å²) in [6.07, 6.45) is 0.740. The number of nitrogens with one attached hydrogen (secondary N) is 1. The largest absolute Gasteiger partial charge is 0.480 e. The zero-order chi connectivity index (χ0) is 15.0. The van der Waals surface area contributed by atoms with Crippen LogP contribution in [-0.4, -0.2) is 34.5 Å². The van der Waals surface area contributed by atoms with Gasteiger partial charge in [-0.25, -0.2) is 0 Å². The van der Waals surface area contributed by atoms with Gasteiger partial charge in [0.15, 0.2) is 0 Å². The molecule has 1 atom stereocenters. The second kappa shape index (κ2) is 8.84. The van der Waals surface area contributed by atoms with Crippen molar-refractivity contribution < 1.29 is 14.7 Å². The molecule has 0 aromatic heterocycles. The van der Waals surface area contributed by atoms with E-state index in [1.54, 1.807) is 24.3 Å². The first kappa shape index (κ1) is 16.8. The average Bonchev–Trinajstić information content (AvgIpc) is 2.40. The molecule has 0 saturated heterocycles. The number of benzene rings is 1.